The molecule has 0 bridgehead atoms. The van der Waals surface area contributed by atoms with Gasteiger partial charge in [-0.3, -0.25) is 9.59 Å². The summed E-state index contributed by atoms with van der Waals surface area (Å²) in [7, 11) is 0. The molecule has 1 aliphatic carbocycles. The molecule has 0 aromatic heterocycles. The van der Waals surface area contributed by atoms with Gasteiger partial charge in [0.1, 0.15) is 5.75 Å². The van der Waals surface area contributed by atoms with Crippen molar-refractivity contribution in [3.8, 4) is 5.75 Å². The lowest BCUT2D eigenvalue weighted by Crippen LogP contribution is -2.35. The van der Waals surface area contributed by atoms with E-state index in [1.165, 1.54) is 0 Å². The second-order valence-electron chi connectivity index (χ2n) is 5.68. The summed E-state index contributed by atoms with van der Waals surface area (Å²) in [6.07, 6.45) is 3.01. The molecule has 134 valence electrons. The molecule has 0 heterocycles. The molecule has 6 nitrogen and oxygen atoms in total. The number of hydrogen-bond acceptors (Lipinski definition) is 4. The van der Waals surface area contributed by atoms with E-state index in [1.807, 2.05) is 6.07 Å². The number of ether oxygens (including phenoxy) is 1. The predicted octanol–water partition coefficient (Wildman–Crippen LogP) is 1.95. The van der Waals surface area contributed by atoms with Gasteiger partial charge in [0.05, 0.1) is 0 Å². The standard InChI is InChI=1S/C17H25N3O3.ClH/c1-2-8-18-9-10-19-16(21)12-23-15-5-3-4-14(11-15)20-17(22)13-6-7-13;/h3-5,11,13,18H,2,6-10,12H2,1H3,(H,19,21)(H,20,22);1H. The minimum atomic E-state index is -0.157. The fourth-order valence-electron chi connectivity index (χ4n) is 2.05. The predicted molar refractivity (Wildman–Crippen MR) is 96.7 cm³/mol. The lowest BCUT2D eigenvalue weighted by Gasteiger charge is -2.10. The van der Waals surface area contributed by atoms with Crippen LogP contribution in [-0.2, 0) is 9.59 Å². The molecule has 0 saturated heterocycles. The molecule has 1 aliphatic rings. The van der Waals surface area contributed by atoms with Crippen LogP contribution in [0.25, 0.3) is 0 Å². The van der Waals surface area contributed by atoms with Crippen LogP contribution >= 0.6 is 12.4 Å². The van der Waals surface area contributed by atoms with Crippen LogP contribution in [0.5, 0.6) is 5.75 Å². The summed E-state index contributed by atoms with van der Waals surface area (Å²) >= 11 is 0. The normalized spacial score (nSPS) is 12.9. The highest BCUT2D eigenvalue weighted by molar-refractivity contribution is 5.94. The van der Waals surface area contributed by atoms with Gasteiger partial charge in [-0.2, -0.15) is 0 Å². The Labute approximate surface area is 149 Å². The van der Waals surface area contributed by atoms with E-state index in [4.69, 9.17) is 4.74 Å². The zero-order valence-corrected chi connectivity index (χ0v) is 14.8. The number of amides is 2. The van der Waals surface area contributed by atoms with Gasteiger partial charge in [0, 0.05) is 30.8 Å². The third kappa shape index (κ3) is 7.66. The van der Waals surface area contributed by atoms with Crippen LogP contribution in [0.15, 0.2) is 24.3 Å². The highest BCUT2D eigenvalue weighted by atomic mass is 35.5. The Kier molecular flexibility index (Phi) is 9.19. The van der Waals surface area contributed by atoms with Gasteiger partial charge < -0.3 is 20.7 Å². The van der Waals surface area contributed by atoms with Crippen LogP contribution < -0.4 is 20.7 Å². The Balaban J connectivity index is 0.00000288. The largest absolute Gasteiger partial charge is 0.484 e. The summed E-state index contributed by atoms with van der Waals surface area (Å²) in [5, 5.41) is 8.85. The molecule has 1 fully saturated rings. The van der Waals surface area contributed by atoms with E-state index in [0.29, 0.717) is 18.0 Å². The van der Waals surface area contributed by atoms with E-state index < -0.39 is 0 Å². The maximum atomic E-state index is 11.7. The van der Waals surface area contributed by atoms with Crippen molar-refractivity contribution < 1.29 is 14.3 Å². The summed E-state index contributed by atoms with van der Waals surface area (Å²) in [6.45, 7) is 4.35. The van der Waals surface area contributed by atoms with Gasteiger partial charge in [-0.1, -0.05) is 13.0 Å². The van der Waals surface area contributed by atoms with Crippen molar-refractivity contribution in [3.05, 3.63) is 24.3 Å². The van der Waals surface area contributed by atoms with Gasteiger partial charge in [0.25, 0.3) is 5.91 Å². The fourth-order valence-corrected chi connectivity index (χ4v) is 2.05. The highest BCUT2D eigenvalue weighted by Gasteiger charge is 2.29. The van der Waals surface area contributed by atoms with Crippen molar-refractivity contribution in [3.63, 3.8) is 0 Å². The first-order valence-electron chi connectivity index (χ1n) is 8.20. The van der Waals surface area contributed by atoms with Crippen LogP contribution in [0.4, 0.5) is 5.69 Å². The van der Waals surface area contributed by atoms with Gasteiger partial charge in [-0.25, -0.2) is 0 Å². The molecule has 1 aromatic rings. The van der Waals surface area contributed by atoms with Crippen LogP contribution in [0.2, 0.25) is 0 Å². The fraction of sp³-hybridized carbons (Fsp3) is 0.529. The Morgan fingerprint density at radius 3 is 2.71 bits per heavy atom. The van der Waals surface area contributed by atoms with Gasteiger partial charge in [-0.05, 0) is 37.9 Å². The lowest BCUT2D eigenvalue weighted by atomic mass is 10.3. The van der Waals surface area contributed by atoms with E-state index in [1.54, 1.807) is 18.2 Å². The van der Waals surface area contributed by atoms with Crippen molar-refractivity contribution >= 4 is 29.9 Å². The SMILES string of the molecule is CCCNCCNC(=O)COc1cccc(NC(=O)C2CC2)c1.Cl. The van der Waals surface area contributed by atoms with Crippen LogP contribution in [0.1, 0.15) is 26.2 Å². The molecule has 2 amide bonds. The highest BCUT2D eigenvalue weighted by Crippen LogP contribution is 2.30. The third-order valence-electron chi connectivity index (χ3n) is 3.47. The van der Waals surface area contributed by atoms with Crippen LogP contribution in [0.3, 0.4) is 0 Å². The van der Waals surface area contributed by atoms with E-state index in [-0.39, 0.29) is 36.7 Å². The van der Waals surface area contributed by atoms with E-state index in [9.17, 15) is 9.59 Å². The molecule has 3 N–H and O–H groups in total. The van der Waals surface area contributed by atoms with Gasteiger partial charge in [-0.15, -0.1) is 12.4 Å². The molecule has 1 aromatic carbocycles. The molecule has 24 heavy (non-hydrogen) atoms. The Morgan fingerprint density at radius 2 is 2.00 bits per heavy atom. The minimum absolute atomic E-state index is 0. The summed E-state index contributed by atoms with van der Waals surface area (Å²) < 4.78 is 5.46. The third-order valence-corrected chi connectivity index (χ3v) is 3.47. The van der Waals surface area contributed by atoms with Crippen LogP contribution in [-0.4, -0.2) is 38.1 Å². The Bertz CT molecular complexity index is 536. The lowest BCUT2D eigenvalue weighted by molar-refractivity contribution is -0.123. The molecule has 0 aliphatic heterocycles. The quantitative estimate of drug-likeness (QED) is 0.560. The molecule has 0 atom stereocenters. The van der Waals surface area contributed by atoms with E-state index in [2.05, 4.69) is 22.9 Å². The topological polar surface area (TPSA) is 79.5 Å². The molecule has 0 spiro atoms. The Hall–Kier alpha value is -1.79. The number of anilines is 1. The Morgan fingerprint density at radius 1 is 1.21 bits per heavy atom. The number of carbonyl (C=O) groups is 2. The van der Waals surface area contributed by atoms with Crippen LogP contribution in [0, 0.1) is 5.92 Å². The van der Waals surface area contributed by atoms with Crippen molar-refractivity contribution in [2.24, 2.45) is 5.92 Å². The molecule has 0 radical (unpaired) electrons. The number of carbonyl (C=O) groups excluding carboxylic acids is 2. The zero-order chi connectivity index (χ0) is 16.5. The van der Waals surface area contributed by atoms with Crippen molar-refractivity contribution in [1.29, 1.82) is 0 Å². The van der Waals surface area contributed by atoms with Crippen molar-refractivity contribution in [2.45, 2.75) is 26.2 Å². The first kappa shape index (κ1) is 20.3. The molecule has 1 saturated carbocycles. The molecule has 2 rings (SSSR count). The first-order chi connectivity index (χ1) is 11.2. The first-order valence-corrected chi connectivity index (χ1v) is 8.20. The second kappa shape index (κ2) is 10.9. The summed E-state index contributed by atoms with van der Waals surface area (Å²) in [5.41, 5.74) is 0.698. The number of halogens is 1. The molecular formula is C17H26ClN3O3. The number of rotatable bonds is 10. The smallest absolute Gasteiger partial charge is 0.257 e. The number of benzene rings is 1. The van der Waals surface area contributed by atoms with E-state index in [0.717, 1.165) is 32.4 Å². The zero-order valence-electron chi connectivity index (χ0n) is 14.0. The second-order valence-corrected chi connectivity index (χ2v) is 5.68. The van der Waals surface area contributed by atoms with Gasteiger partial charge in [0.2, 0.25) is 5.91 Å². The maximum Gasteiger partial charge on any atom is 0.257 e. The number of hydrogen-bond donors (Lipinski definition) is 3. The summed E-state index contributed by atoms with van der Waals surface area (Å²) in [6, 6.07) is 7.11. The average molecular weight is 356 g/mol. The summed E-state index contributed by atoms with van der Waals surface area (Å²) in [4.78, 5) is 23.4. The van der Waals surface area contributed by atoms with Crippen molar-refractivity contribution in [2.75, 3.05) is 31.6 Å². The van der Waals surface area contributed by atoms with E-state index >= 15 is 0 Å². The van der Waals surface area contributed by atoms with Gasteiger partial charge >= 0.3 is 0 Å². The maximum absolute atomic E-state index is 11.7. The average Bonchev–Trinajstić information content (AvgIpc) is 3.38. The molecular weight excluding hydrogens is 330 g/mol. The van der Waals surface area contributed by atoms with Gasteiger partial charge in [0.15, 0.2) is 6.61 Å². The minimum Gasteiger partial charge on any atom is -0.484 e. The van der Waals surface area contributed by atoms with Crippen molar-refractivity contribution in [1.82, 2.24) is 10.6 Å². The monoisotopic (exact) mass is 355 g/mol. The summed E-state index contributed by atoms with van der Waals surface area (Å²) in [5.74, 6) is 0.625. The molecule has 7 heteroatoms. The number of nitrogens with one attached hydrogen (secondary N) is 3. The molecule has 0 unspecified atom stereocenters.